The molecule has 1 aromatic heterocycles. The lowest BCUT2D eigenvalue weighted by Gasteiger charge is -2.19. The highest BCUT2D eigenvalue weighted by Gasteiger charge is 2.30. The SMILES string of the molecule is CC1(C)CCC(Nc2cccc3cnccc23)C1. The van der Waals surface area contributed by atoms with E-state index in [1.165, 1.54) is 35.7 Å². The van der Waals surface area contributed by atoms with Gasteiger partial charge in [0.25, 0.3) is 0 Å². The lowest BCUT2D eigenvalue weighted by Crippen LogP contribution is -2.17. The van der Waals surface area contributed by atoms with Crippen LogP contribution in [0.15, 0.2) is 36.7 Å². The predicted octanol–water partition coefficient (Wildman–Crippen LogP) is 4.23. The predicted molar refractivity (Wildman–Crippen MR) is 76.8 cm³/mol. The number of aromatic nitrogens is 1. The van der Waals surface area contributed by atoms with Crippen LogP contribution in [0.4, 0.5) is 5.69 Å². The smallest absolute Gasteiger partial charge is 0.0423 e. The van der Waals surface area contributed by atoms with Gasteiger partial charge in [0, 0.05) is 34.9 Å². The van der Waals surface area contributed by atoms with Gasteiger partial charge in [-0.1, -0.05) is 26.0 Å². The summed E-state index contributed by atoms with van der Waals surface area (Å²) in [7, 11) is 0. The average Bonchev–Trinajstić information content (AvgIpc) is 2.69. The molecule has 0 amide bonds. The van der Waals surface area contributed by atoms with Crippen molar-refractivity contribution in [3.8, 4) is 0 Å². The number of hydrogen-bond acceptors (Lipinski definition) is 2. The first kappa shape index (κ1) is 11.5. The normalized spacial score (nSPS) is 22.2. The Bertz CT molecular complexity index is 555. The molecule has 0 bridgehead atoms. The van der Waals surface area contributed by atoms with Crippen molar-refractivity contribution in [2.75, 3.05) is 5.32 Å². The van der Waals surface area contributed by atoms with Gasteiger partial charge in [0.15, 0.2) is 0 Å². The zero-order chi connectivity index (χ0) is 12.6. The molecular formula is C16H20N2. The third-order valence-electron chi connectivity index (χ3n) is 4.01. The van der Waals surface area contributed by atoms with Gasteiger partial charge in [-0.3, -0.25) is 4.98 Å². The molecular weight excluding hydrogens is 220 g/mol. The van der Waals surface area contributed by atoms with E-state index in [2.05, 4.69) is 48.4 Å². The van der Waals surface area contributed by atoms with Crippen LogP contribution >= 0.6 is 0 Å². The quantitative estimate of drug-likeness (QED) is 0.850. The highest BCUT2D eigenvalue weighted by Crippen LogP contribution is 2.38. The van der Waals surface area contributed by atoms with Crippen molar-refractivity contribution in [3.63, 3.8) is 0 Å². The third-order valence-corrected chi connectivity index (χ3v) is 4.01. The number of nitrogens with one attached hydrogen (secondary N) is 1. The summed E-state index contributed by atoms with van der Waals surface area (Å²) < 4.78 is 0. The molecule has 0 spiro atoms. The highest BCUT2D eigenvalue weighted by molar-refractivity contribution is 5.93. The number of hydrogen-bond donors (Lipinski definition) is 1. The van der Waals surface area contributed by atoms with E-state index in [1.54, 1.807) is 0 Å². The van der Waals surface area contributed by atoms with E-state index in [0.717, 1.165) is 0 Å². The minimum absolute atomic E-state index is 0.490. The molecule has 3 rings (SSSR count). The first-order valence-corrected chi connectivity index (χ1v) is 6.73. The molecule has 1 aromatic carbocycles. The maximum absolute atomic E-state index is 4.18. The topological polar surface area (TPSA) is 24.9 Å². The Kier molecular flexibility index (Phi) is 2.73. The monoisotopic (exact) mass is 240 g/mol. The Morgan fingerprint density at radius 1 is 1.28 bits per heavy atom. The number of pyridine rings is 1. The number of benzene rings is 1. The van der Waals surface area contributed by atoms with Gasteiger partial charge in [0.05, 0.1) is 0 Å². The number of fused-ring (bicyclic) bond motifs is 1. The molecule has 1 heterocycles. The molecule has 2 aromatic rings. The van der Waals surface area contributed by atoms with Crippen LogP contribution < -0.4 is 5.32 Å². The van der Waals surface area contributed by atoms with Gasteiger partial charge in [0.2, 0.25) is 0 Å². The minimum atomic E-state index is 0.490. The van der Waals surface area contributed by atoms with E-state index in [0.29, 0.717) is 11.5 Å². The fraction of sp³-hybridized carbons (Fsp3) is 0.438. The maximum Gasteiger partial charge on any atom is 0.0423 e. The summed E-state index contributed by atoms with van der Waals surface area (Å²) in [4.78, 5) is 4.18. The second-order valence-electron chi connectivity index (χ2n) is 6.15. The molecule has 1 saturated carbocycles. The fourth-order valence-corrected chi connectivity index (χ4v) is 3.03. The van der Waals surface area contributed by atoms with E-state index in [4.69, 9.17) is 0 Å². The summed E-state index contributed by atoms with van der Waals surface area (Å²) in [6.07, 6.45) is 7.64. The van der Waals surface area contributed by atoms with Crippen molar-refractivity contribution in [2.45, 2.75) is 39.2 Å². The molecule has 1 aliphatic rings. The zero-order valence-corrected chi connectivity index (χ0v) is 11.1. The van der Waals surface area contributed by atoms with E-state index in [9.17, 15) is 0 Å². The fourth-order valence-electron chi connectivity index (χ4n) is 3.03. The first-order chi connectivity index (χ1) is 8.64. The van der Waals surface area contributed by atoms with Crippen LogP contribution in [0.1, 0.15) is 33.1 Å². The van der Waals surface area contributed by atoms with Crippen LogP contribution in [-0.2, 0) is 0 Å². The van der Waals surface area contributed by atoms with Gasteiger partial charge in [-0.2, -0.15) is 0 Å². The molecule has 94 valence electrons. The lowest BCUT2D eigenvalue weighted by molar-refractivity contribution is 0.378. The van der Waals surface area contributed by atoms with Crippen molar-refractivity contribution in [1.29, 1.82) is 0 Å². The summed E-state index contributed by atoms with van der Waals surface area (Å²) in [5.74, 6) is 0. The van der Waals surface area contributed by atoms with Crippen molar-refractivity contribution >= 4 is 16.5 Å². The highest BCUT2D eigenvalue weighted by atomic mass is 14.9. The Labute approximate surface area is 108 Å². The zero-order valence-electron chi connectivity index (χ0n) is 11.1. The summed E-state index contributed by atoms with van der Waals surface area (Å²) in [5.41, 5.74) is 1.74. The van der Waals surface area contributed by atoms with Gasteiger partial charge in [0.1, 0.15) is 0 Å². The second kappa shape index (κ2) is 4.27. The van der Waals surface area contributed by atoms with Gasteiger partial charge < -0.3 is 5.32 Å². The van der Waals surface area contributed by atoms with Gasteiger partial charge in [-0.25, -0.2) is 0 Å². The van der Waals surface area contributed by atoms with E-state index >= 15 is 0 Å². The number of rotatable bonds is 2. The summed E-state index contributed by atoms with van der Waals surface area (Å²) >= 11 is 0. The molecule has 1 unspecified atom stereocenters. The molecule has 2 heteroatoms. The number of anilines is 1. The van der Waals surface area contributed by atoms with Crippen molar-refractivity contribution < 1.29 is 0 Å². The molecule has 0 saturated heterocycles. The van der Waals surface area contributed by atoms with Crippen molar-refractivity contribution in [1.82, 2.24) is 4.98 Å². The molecule has 1 aliphatic carbocycles. The van der Waals surface area contributed by atoms with E-state index in [1.807, 2.05) is 12.4 Å². The van der Waals surface area contributed by atoms with Gasteiger partial charge in [-0.05, 0) is 36.8 Å². The summed E-state index contributed by atoms with van der Waals surface area (Å²) in [6, 6.07) is 9.10. The van der Waals surface area contributed by atoms with E-state index < -0.39 is 0 Å². The van der Waals surface area contributed by atoms with Crippen LogP contribution in [0.5, 0.6) is 0 Å². The number of nitrogens with zero attached hydrogens (tertiary/aromatic N) is 1. The Hall–Kier alpha value is -1.57. The summed E-state index contributed by atoms with van der Waals surface area (Å²) in [6.45, 7) is 4.73. The molecule has 18 heavy (non-hydrogen) atoms. The molecule has 1 fully saturated rings. The van der Waals surface area contributed by atoms with Crippen molar-refractivity contribution in [3.05, 3.63) is 36.7 Å². The molecule has 0 aliphatic heterocycles. The van der Waals surface area contributed by atoms with Crippen LogP contribution in [0.3, 0.4) is 0 Å². The molecule has 0 radical (unpaired) electrons. The van der Waals surface area contributed by atoms with Crippen LogP contribution in [0.2, 0.25) is 0 Å². The van der Waals surface area contributed by atoms with Crippen LogP contribution in [-0.4, -0.2) is 11.0 Å². The molecule has 1 N–H and O–H groups in total. The third kappa shape index (κ3) is 2.20. The summed E-state index contributed by atoms with van der Waals surface area (Å²) in [5, 5.41) is 6.19. The van der Waals surface area contributed by atoms with E-state index in [-0.39, 0.29) is 0 Å². The van der Waals surface area contributed by atoms with Crippen LogP contribution in [0, 0.1) is 5.41 Å². The Morgan fingerprint density at radius 2 is 2.17 bits per heavy atom. The average molecular weight is 240 g/mol. The Morgan fingerprint density at radius 3 is 2.94 bits per heavy atom. The van der Waals surface area contributed by atoms with Crippen molar-refractivity contribution in [2.24, 2.45) is 5.41 Å². The Balaban J connectivity index is 1.87. The maximum atomic E-state index is 4.18. The second-order valence-corrected chi connectivity index (χ2v) is 6.15. The first-order valence-electron chi connectivity index (χ1n) is 6.73. The molecule has 1 atom stereocenters. The largest absolute Gasteiger partial charge is 0.382 e. The van der Waals surface area contributed by atoms with Gasteiger partial charge in [-0.15, -0.1) is 0 Å². The molecule has 2 nitrogen and oxygen atoms in total. The van der Waals surface area contributed by atoms with Crippen LogP contribution in [0.25, 0.3) is 10.8 Å². The standard InChI is InChI=1S/C16H20N2/c1-16(2)8-6-13(10-16)18-15-5-3-4-12-11-17-9-7-14(12)15/h3-5,7,9,11,13,18H,6,8,10H2,1-2H3. The van der Waals surface area contributed by atoms with Gasteiger partial charge >= 0.3 is 0 Å². The minimum Gasteiger partial charge on any atom is -0.382 e. The lowest BCUT2D eigenvalue weighted by atomic mass is 9.92.